The molecular formula is C13H21NO2. The summed E-state index contributed by atoms with van der Waals surface area (Å²) in [6.07, 6.45) is 0. The zero-order chi connectivity index (χ0) is 12.0. The van der Waals surface area contributed by atoms with E-state index < -0.39 is 0 Å². The van der Waals surface area contributed by atoms with Gasteiger partial charge in [0.1, 0.15) is 5.75 Å². The first kappa shape index (κ1) is 13.0. The Bertz CT molecular complexity index is 337. The summed E-state index contributed by atoms with van der Waals surface area (Å²) in [5.74, 6) is 0.961. The van der Waals surface area contributed by atoms with Crippen molar-refractivity contribution in [2.45, 2.75) is 27.4 Å². The molecule has 0 saturated heterocycles. The van der Waals surface area contributed by atoms with E-state index in [4.69, 9.17) is 15.2 Å². The van der Waals surface area contributed by atoms with E-state index >= 15 is 0 Å². The molecule has 0 fully saturated rings. The minimum Gasteiger partial charge on any atom is -0.494 e. The maximum atomic E-state index is 5.54. The molecule has 1 aromatic rings. The lowest BCUT2D eigenvalue weighted by Crippen LogP contribution is -2.08. The molecule has 0 spiro atoms. The highest BCUT2D eigenvalue weighted by Crippen LogP contribution is 2.23. The molecule has 0 unspecified atom stereocenters. The second kappa shape index (κ2) is 6.51. The summed E-state index contributed by atoms with van der Waals surface area (Å²) in [4.78, 5) is 0. The Hall–Kier alpha value is -1.06. The number of hydrogen-bond acceptors (Lipinski definition) is 3. The van der Waals surface area contributed by atoms with Crippen molar-refractivity contribution in [1.29, 1.82) is 0 Å². The van der Waals surface area contributed by atoms with Crippen molar-refractivity contribution in [1.82, 2.24) is 0 Å². The third-order valence-electron chi connectivity index (χ3n) is 2.45. The summed E-state index contributed by atoms with van der Waals surface area (Å²) in [5, 5.41) is 0. The normalized spacial score (nSPS) is 10.5. The number of nitrogens with two attached hydrogens (primary N) is 1. The molecule has 0 aromatic heterocycles. The van der Waals surface area contributed by atoms with Gasteiger partial charge in [0.25, 0.3) is 0 Å². The summed E-state index contributed by atoms with van der Waals surface area (Å²) in [7, 11) is 0. The zero-order valence-electron chi connectivity index (χ0n) is 10.4. The Morgan fingerprint density at radius 1 is 1.19 bits per heavy atom. The fourth-order valence-electron chi connectivity index (χ4n) is 1.58. The molecule has 16 heavy (non-hydrogen) atoms. The van der Waals surface area contributed by atoms with Gasteiger partial charge in [0, 0.05) is 6.54 Å². The molecule has 0 radical (unpaired) electrons. The van der Waals surface area contributed by atoms with Crippen molar-refractivity contribution in [2.75, 3.05) is 19.8 Å². The Balaban J connectivity index is 2.75. The minimum atomic E-state index is 0.565. The molecule has 0 atom stereocenters. The van der Waals surface area contributed by atoms with Crippen LogP contribution in [-0.4, -0.2) is 19.8 Å². The van der Waals surface area contributed by atoms with Gasteiger partial charge >= 0.3 is 0 Å². The molecule has 0 aliphatic heterocycles. The number of rotatable bonds is 6. The van der Waals surface area contributed by atoms with Crippen molar-refractivity contribution in [3.63, 3.8) is 0 Å². The van der Waals surface area contributed by atoms with E-state index in [2.05, 4.69) is 26.0 Å². The molecule has 2 N–H and O–H groups in total. The van der Waals surface area contributed by atoms with Crippen LogP contribution in [-0.2, 0) is 11.3 Å². The molecule has 3 nitrogen and oxygen atoms in total. The summed E-state index contributed by atoms with van der Waals surface area (Å²) in [5.41, 5.74) is 8.93. The molecule has 0 heterocycles. The van der Waals surface area contributed by atoms with Gasteiger partial charge in [-0.05, 0) is 49.6 Å². The smallest absolute Gasteiger partial charge is 0.122 e. The maximum Gasteiger partial charge on any atom is 0.122 e. The molecule has 0 bridgehead atoms. The van der Waals surface area contributed by atoms with Crippen LogP contribution in [0.15, 0.2) is 12.1 Å². The second-order valence-electron chi connectivity index (χ2n) is 3.82. The number of ether oxygens (including phenoxy) is 2. The average molecular weight is 223 g/mol. The lowest BCUT2D eigenvalue weighted by atomic mass is 10.1. The van der Waals surface area contributed by atoms with E-state index in [0.717, 1.165) is 11.3 Å². The molecule has 1 rings (SSSR count). The van der Waals surface area contributed by atoms with Crippen LogP contribution in [0.2, 0.25) is 0 Å². The topological polar surface area (TPSA) is 44.5 Å². The van der Waals surface area contributed by atoms with Gasteiger partial charge in [-0.1, -0.05) is 0 Å². The Labute approximate surface area is 97.6 Å². The maximum absolute atomic E-state index is 5.54. The summed E-state index contributed by atoms with van der Waals surface area (Å²) in [6, 6.07) is 4.19. The van der Waals surface area contributed by atoms with Crippen LogP contribution >= 0.6 is 0 Å². The molecule has 90 valence electrons. The van der Waals surface area contributed by atoms with Crippen LogP contribution in [0.25, 0.3) is 0 Å². The van der Waals surface area contributed by atoms with Gasteiger partial charge < -0.3 is 15.2 Å². The van der Waals surface area contributed by atoms with Gasteiger partial charge in [0.2, 0.25) is 0 Å². The van der Waals surface area contributed by atoms with Crippen molar-refractivity contribution in [3.05, 3.63) is 28.8 Å². The lowest BCUT2D eigenvalue weighted by Gasteiger charge is -2.12. The quantitative estimate of drug-likeness (QED) is 0.752. The third-order valence-corrected chi connectivity index (χ3v) is 2.45. The van der Waals surface area contributed by atoms with Gasteiger partial charge in [0.05, 0.1) is 19.8 Å². The Kier molecular flexibility index (Phi) is 5.29. The summed E-state index contributed by atoms with van der Waals surface area (Å²) < 4.78 is 11.0. The van der Waals surface area contributed by atoms with Crippen LogP contribution in [0.1, 0.15) is 23.6 Å². The fourth-order valence-corrected chi connectivity index (χ4v) is 1.58. The van der Waals surface area contributed by atoms with Gasteiger partial charge in [-0.3, -0.25) is 0 Å². The van der Waals surface area contributed by atoms with Crippen LogP contribution in [0.5, 0.6) is 5.75 Å². The minimum absolute atomic E-state index is 0.565. The van der Waals surface area contributed by atoms with E-state index in [1.165, 1.54) is 11.1 Å². The van der Waals surface area contributed by atoms with Gasteiger partial charge in [-0.15, -0.1) is 0 Å². The second-order valence-corrected chi connectivity index (χ2v) is 3.82. The van der Waals surface area contributed by atoms with E-state index in [0.29, 0.717) is 26.4 Å². The summed E-state index contributed by atoms with van der Waals surface area (Å²) in [6.45, 7) is 8.60. The number of hydrogen-bond donors (Lipinski definition) is 1. The first-order valence-corrected chi connectivity index (χ1v) is 5.69. The monoisotopic (exact) mass is 223 g/mol. The van der Waals surface area contributed by atoms with Crippen LogP contribution in [0, 0.1) is 13.8 Å². The predicted molar refractivity (Wildman–Crippen MR) is 65.8 cm³/mol. The highest BCUT2D eigenvalue weighted by Gasteiger charge is 2.05. The first-order chi connectivity index (χ1) is 7.69. The van der Waals surface area contributed by atoms with E-state index in [1.807, 2.05) is 6.92 Å². The van der Waals surface area contributed by atoms with Gasteiger partial charge in [-0.2, -0.15) is 0 Å². The van der Waals surface area contributed by atoms with Crippen molar-refractivity contribution in [3.8, 4) is 5.75 Å². The lowest BCUT2D eigenvalue weighted by molar-refractivity contribution is 0.127. The fraction of sp³-hybridized carbons (Fsp3) is 0.538. The van der Waals surface area contributed by atoms with Gasteiger partial charge in [0.15, 0.2) is 0 Å². The predicted octanol–water partition coefficient (Wildman–Crippen LogP) is 2.18. The standard InChI is InChI=1S/C13H21NO2/c1-4-16-13-8-10(2)12(7-11(13)3)9-15-6-5-14/h7-8H,4-6,9,14H2,1-3H3. The zero-order valence-corrected chi connectivity index (χ0v) is 10.4. The van der Waals surface area contributed by atoms with Crippen LogP contribution in [0.3, 0.4) is 0 Å². The van der Waals surface area contributed by atoms with E-state index in [-0.39, 0.29) is 0 Å². The third kappa shape index (κ3) is 3.51. The van der Waals surface area contributed by atoms with E-state index in [1.54, 1.807) is 0 Å². The van der Waals surface area contributed by atoms with Crippen LogP contribution < -0.4 is 10.5 Å². The van der Waals surface area contributed by atoms with E-state index in [9.17, 15) is 0 Å². The Morgan fingerprint density at radius 3 is 2.56 bits per heavy atom. The molecule has 0 aliphatic carbocycles. The molecular weight excluding hydrogens is 202 g/mol. The van der Waals surface area contributed by atoms with Crippen molar-refractivity contribution in [2.24, 2.45) is 5.73 Å². The highest BCUT2D eigenvalue weighted by atomic mass is 16.5. The van der Waals surface area contributed by atoms with Gasteiger partial charge in [-0.25, -0.2) is 0 Å². The largest absolute Gasteiger partial charge is 0.494 e. The van der Waals surface area contributed by atoms with Crippen molar-refractivity contribution >= 4 is 0 Å². The molecule has 3 heteroatoms. The first-order valence-electron chi connectivity index (χ1n) is 5.69. The summed E-state index contributed by atoms with van der Waals surface area (Å²) >= 11 is 0. The molecule has 1 aromatic carbocycles. The molecule has 0 saturated carbocycles. The van der Waals surface area contributed by atoms with Crippen LogP contribution in [0.4, 0.5) is 0 Å². The van der Waals surface area contributed by atoms with Crippen molar-refractivity contribution < 1.29 is 9.47 Å². The Morgan fingerprint density at radius 2 is 1.94 bits per heavy atom. The molecule has 0 aliphatic rings. The highest BCUT2D eigenvalue weighted by molar-refractivity contribution is 5.41. The SMILES string of the molecule is CCOc1cc(C)c(COCCN)cc1C. The average Bonchev–Trinajstić information content (AvgIpc) is 2.25. The molecule has 0 amide bonds. The number of benzene rings is 1. The number of aryl methyl sites for hydroxylation is 2.